The van der Waals surface area contributed by atoms with Gasteiger partial charge in [-0.05, 0) is 70.8 Å². The van der Waals surface area contributed by atoms with Crippen LogP contribution in [0.5, 0.6) is 0 Å². The van der Waals surface area contributed by atoms with E-state index in [1.807, 2.05) is 30.3 Å². The first-order chi connectivity index (χ1) is 26.8. The fourth-order valence-corrected chi connectivity index (χ4v) is 8.06. The highest BCUT2D eigenvalue weighted by Crippen LogP contribution is 2.39. The molecule has 0 unspecified atom stereocenters. The maximum atomic E-state index is 6.55. The van der Waals surface area contributed by atoms with E-state index in [2.05, 4.69) is 162 Å². The third-order valence-electron chi connectivity index (χ3n) is 10.6. The van der Waals surface area contributed by atoms with Gasteiger partial charge < -0.3 is 8.98 Å². The number of para-hydroxylation sites is 3. The van der Waals surface area contributed by atoms with Gasteiger partial charge in [-0.15, -0.1) is 0 Å². The van der Waals surface area contributed by atoms with Gasteiger partial charge in [0, 0.05) is 43.7 Å². The van der Waals surface area contributed by atoms with Crippen LogP contribution in [0.15, 0.2) is 192 Å². The van der Waals surface area contributed by atoms with E-state index in [1.165, 1.54) is 32.9 Å². The van der Waals surface area contributed by atoms with Gasteiger partial charge in [-0.2, -0.15) is 0 Å². The predicted octanol–water partition coefficient (Wildman–Crippen LogP) is 13.3. The molecule has 0 aliphatic rings. The molecular weight excluding hydrogens is 659 g/mol. The summed E-state index contributed by atoms with van der Waals surface area (Å²) in [5.74, 6) is 0.675. The van der Waals surface area contributed by atoms with E-state index < -0.39 is 0 Å². The van der Waals surface area contributed by atoms with Crippen molar-refractivity contribution < 1.29 is 4.42 Å². The molecule has 0 saturated heterocycles. The second-order valence-corrected chi connectivity index (χ2v) is 13.8. The summed E-state index contributed by atoms with van der Waals surface area (Å²) < 4.78 is 8.90. The van der Waals surface area contributed by atoms with Crippen LogP contribution in [0.1, 0.15) is 0 Å². The average Bonchev–Trinajstić information content (AvgIpc) is 3.79. The molecule has 252 valence electrons. The van der Waals surface area contributed by atoms with E-state index in [0.717, 1.165) is 66.5 Å². The fourth-order valence-electron chi connectivity index (χ4n) is 8.06. The molecule has 11 aromatic rings. The lowest BCUT2D eigenvalue weighted by Crippen LogP contribution is -1.95. The SMILES string of the molecule is c1ccc(-c2ccc(-c3nc(-c4cccc5oc6cc(-c7ccc(-n8c9ccccc9c9ccccc98)cc7)ccc6c45)nc4ccccc34)cc2)cc1. The third-order valence-corrected chi connectivity index (χ3v) is 10.6. The minimum atomic E-state index is 0.675. The molecular formula is C50H31N3O. The Morgan fingerprint density at radius 1 is 0.389 bits per heavy atom. The van der Waals surface area contributed by atoms with Crippen LogP contribution in [0.4, 0.5) is 0 Å². The monoisotopic (exact) mass is 689 g/mol. The Balaban J connectivity index is 0.990. The summed E-state index contributed by atoms with van der Waals surface area (Å²) in [7, 11) is 0. The number of hydrogen-bond acceptors (Lipinski definition) is 3. The number of furan rings is 1. The van der Waals surface area contributed by atoms with E-state index >= 15 is 0 Å². The van der Waals surface area contributed by atoms with Gasteiger partial charge >= 0.3 is 0 Å². The van der Waals surface area contributed by atoms with Crippen molar-refractivity contribution in [1.82, 2.24) is 14.5 Å². The summed E-state index contributed by atoms with van der Waals surface area (Å²) in [6, 6.07) is 66.1. The predicted molar refractivity (Wildman–Crippen MR) is 223 cm³/mol. The Morgan fingerprint density at radius 2 is 0.981 bits per heavy atom. The maximum absolute atomic E-state index is 6.55. The van der Waals surface area contributed by atoms with Gasteiger partial charge in [-0.1, -0.05) is 140 Å². The zero-order valence-electron chi connectivity index (χ0n) is 29.1. The first-order valence-corrected chi connectivity index (χ1v) is 18.2. The van der Waals surface area contributed by atoms with Crippen molar-refractivity contribution in [3.05, 3.63) is 188 Å². The molecule has 0 aliphatic heterocycles. The molecule has 8 aromatic carbocycles. The van der Waals surface area contributed by atoms with Gasteiger partial charge in [0.05, 0.1) is 22.2 Å². The molecule has 4 nitrogen and oxygen atoms in total. The van der Waals surface area contributed by atoms with Crippen molar-refractivity contribution in [2.75, 3.05) is 0 Å². The summed E-state index contributed by atoms with van der Waals surface area (Å²) >= 11 is 0. The molecule has 0 radical (unpaired) electrons. The van der Waals surface area contributed by atoms with Gasteiger partial charge in [-0.3, -0.25) is 0 Å². The highest BCUT2D eigenvalue weighted by atomic mass is 16.3. The number of benzene rings is 8. The van der Waals surface area contributed by atoms with Gasteiger partial charge in [0.2, 0.25) is 0 Å². The molecule has 3 heterocycles. The average molecular weight is 690 g/mol. The highest BCUT2D eigenvalue weighted by Gasteiger charge is 2.18. The van der Waals surface area contributed by atoms with Crippen LogP contribution in [0.2, 0.25) is 0 Å². The molecule has 0 saturated carbocycles. The van der Waals surface area contributed by atoms with Crippen molar-refractivity contribution in [1.29, 1.82) is 0 Å². The molecule has 3 aromatic heterocycles. The summed E-state index contributed by atoms with van der Waals surface area (Å²) in [5, 5.41) is 5.59. The number of fused-ring (bicyclic) bond motifs is 7. The zero-order valence-corrected chi connectivity index (χ0v) is 29.1. The van der Waals surface area contributed by atoms with Gasteiger partial charge in [0.15, 0.2) is 5.82 Å². The Morgan fingerprint density at radius 3 is 1.74 bits per heavy atom. The lowest BCUT2D eigenvalue weighted by atomic mass is 10.00. The zero-order chi connectivity index (χ0) is 35.6. The molecule has 0 atom stereocenters. The van der Waals surface area contributed by atoms with Gasteiger partial charge in [-0.25, -0.2) is 9.97 Å². The lowest BCUT2D eigenvalue weighted by molar-refractivity contribution is 0.669. The number of rotatable bonds is 5. The first-order valence-electron chi connectivity index (χ1n) is 18.2. The van der Waals surface area contributed by atoms with Gasteiger partial charge in [0.1, 0.15) is 11.2 Å². The third kappa shape index (κ3) is 4.85. The van der Waals surface area contributed by atoms with Crippen molar-refractivity contribution in [2.24, 2.45) is 0 Å². The number of nitrogens with zero attached hydrogens (tertiary/aromatic N) is 3. The maximum Gasteiger partial charge on any atom is 0.161 e. The Bertz CT molecular complexity index is 3140. The summed E-state index contributed by atoms with van der Waals surface area (Å²) in [6.07, 6.45) is 0. The standard InChI is InChI=1S/C50H31N3O/c1-2-11-32(12-3-1)33-21-23-35(24-22-33)49-40-15-4-7-17-43(40)51-50(52-49)42-16-10-20-46-48(42)41-30-27-36(31-47(41)54-46)34-25-28-37(29-26-34)53-44-18-8-5-13-38(44)39-14-6-9-19-45(39)53/h1-31H. The largest absolute Gasteiger partial charge is 0.456 e. The summed E-state index contributed by atoms with van der Waals surface area (Å²) in [6.45, 7) is 0. The van der Waals surface area contributed by atoms with Crippen LogP contribution in [-0.4, -0.2) is 14.5 Å². The van der Waals surface area contributed by atoms with Crippen molar-refractivity contribution in [2.45, 2.75) is 0 Å². The van der Waals surface area contributed by atoms with Crippen LogP contribution >= 0.6 is 0 Å². The quantitative estimate of drug-likeness (QED) is 0.181. The normalized spacial score (nSPS) is 11.7. The second kappa shape index (κ2) is 12.1. The smallest absolute Gasteiger partial charge is 0.161 e. The van der Waals surface area contributed by atoms with Crippen LogP contribution in [-0.2, 0) is 0 Å². The minimum Gasteiger partial charge on any atom is -0.456 e. The Labute approximate surface area is 311 Å². The van der Waals surface area contributed by atoms with E-state index in [1.54, 1.807) is 0 Å². The molecule has 0 N–H and O–H groups in total. The Kier molecular flexibility index (Phi) is 6.82. The van der Waals surface area contributed by atoms with E-state index in [9.17, 15) is 0 Å². The summed E-state index contributed by atoms with van der Waals surface area (Å²) in [5.41, 5.74) is 13.6. The molecule has 0 amide bonds. The molecule has 0 fully saturated rings. The topological polar surface area (TPSA) is 43.9 Å². The van der Waals surface area contributed by atoms with Gasteiger partial charge in [0.25, 0.3) is 0 Å². The Hall–Kier alpha value is -7.30. The fraction of sp³-hybridized carbons (Fsp3) is 0. The lowest BCUT2D eigenvalue weighted by Gasteiger charge is -2.11. The van der Waals surface area contributed by atoms with E-state index in [-0.39, 0.29) is 0 Å². The van der Waals surface area contributed by atoms with Crippen molar-refractivity contribution >= 4 is 54.6 Å². The first kappa shape index (κ1) is 30.3. The number of hydrogen-bond donors (Lipinski definition) is 0. The molecule has 4 heteroatoms. The van der Waals surface area contributed by atoms with Crippen LogP contribution in [0.25, 0.3) is 105 Å². The van der Waals surface area contributed by atoms with Crippen LogP contribution < -0.4 is 0 Å². The molecule has 0 spiro atoms. The van der Waals surface area contributed by atoms with E-state index in [4.69, 9.17) is 14.4 Å². The van der Waals surface area contributed by atoms with E-state index in [0.29, 0.717) is 5.82 Å². The van der Waals surface area contributed by atoms with Crippen LogP contribution in [0.3, 0.4) is 0 Å². The highest BCUT2D eigenvalue weighted by molar-refractivity contribution is 6.13. The molecule has 11 rings (SSSR count). The van der Waals surface area contributed by atoms with Crippen LogP contribution in [0, 0.1) is 0 Å². The molecule has 54 heavy (non-hydrogen) atoms. The van der Waals surface area contributed by atoms with Crippen molar-refractivity contribution in [3.63, 3.8) is 0 Å². The second-order valence-electron chi connectivity index (χ2n) is 13.8. The molecule has 0 bridgehead atoms. The summed E-state index contributed by atoms with van der Waals surface area (Å²) in [4.78, 5) is 10.4. The minimum absolute atomic E-state index is 0.675. The number of aromatic nitrogens is 3. The molecule has 0 aliphatic carbocycles. The van der Waals surface area contributed by atoms with Crippen molar-refractivity contribution in [3.8, 4) is 50.6 Å².